The van der Waals surface area contributed by atoms with Crippen molar-refractivity contribution in [1.82, 2.24) is 0 Å². The van der Waals surface area contributed by atoms with E-state index in [-0.39, 0.29) is 24.2 Å². The molecule has 3 N–H and O–H groups in total. The van der Waals surface area contributed by atoms with Crippen LogP contribution in [0.3, 0.4) is 0 Å². The van der Waals surface area contributed by atoms with Crippen LogP contribution < -0.4 is 10.5 Å². The van der Waals surface area contributed by atoms with Crippen molar-refractivity contribution >= 4 is 12.4 Å². The molecule has 1 rings (SSSR count). The molecular formula is C12H20ClNO2. The molecule has 0 aromatic heterocycles. The van der Waals surface area contributed by atoms with E-state index < -0.39 is 0 Å². The lowest BCUT2D eigenvalue weighted by atomic mass is 10.0. The Hall–Kier alpha value is -0.930. The standard InChI is InChI=1S/C12H19NO2.ClH/c1-3-6-10(13)9-7-5-8-11(12(9)14)15-4-2;/h5,7-8,10,14H,3-4,6,13H2,1-2H3;1H/t10-;/m0./s1. The number of phenolic OH excluding ortho intramolecular Hbond substituents is 1. The maximum Gasteiger partial charge on any atom is 0.162 e. The smallest absolute Gasteiger partial charge is 0.162 e. The van der Waals surface area contributed by atoms with E-state index in [1.54, 1.807) is 6.07 Å². The number of rotatable bonds is 5. The fourth-order valence-electron chi connectivity index (χ4n) is 1.58. The largest absolute Gasteiger partial charge is 0.504 e. The summed E-state index contributed by atoms with van der Waals surface area (Å²) in [5.74, 6) is 0.696. The van der Waals surface area contributed by atoms with Gasteiger partial charge in [0.05, 0.1) is 6.61 Å². The molecule has 0 unspecified atom stereocenters. The Morgan fingerprint density at radius 1 is 1.38 bits per heavy atom. The molecular weight excluding hydrogens is 226 g/mol. The highest BCUT2D eigenvalue weighted by atomic mass is 35.5. The summed E-state index contributed by atoms with van der Waals surface area (Å²) < 4.78 is 5.30. The zero-order valence-corrected chi connectivity index (χ0v) is 10.6. The number of para-hydroxylation sites is 1. The van der Waals surface area contributed by atoms with Crippen molar-refractivity contribution < 1.29 is 9.84 Å². The molecule has 1 aromatic rings. The Morgan fingerprint density at radius 3 is 2.62 bits per heavy atom. The van der Waals surface area contributed by atoms with Crippen LogP contribution in [0.25, 0.3) is 0 Å². The van der Waals surface area contributed by atoms with Gasteiger partial charge in [0.25, 0.3) is 0 Å². The van der Waals surface area contributed by atoms with E-state index in [9.17, 15) is 5.11 Å². The molecule has 0 bridgehead atoms. The van der Waals surface area contributed by atoms with E-state index in [4.69, 9.17) is 10.5 Å². The number of phenols is 1. The molecule has 1 atom stereocenters. The van der Waals surface area contributed by atoms with Crippen LogP contribution in [0.15, 0.2) is 18.2 Å². The first-order valence-electron chi connectivity index (χ1n) is 5.40. The highest BCUT2D eigenvalue weighted by molar-refractivity contribution is 5.85. The second kappa shape index (κ2) is 7.36. The molecule has 4 heteroatoms. The molecule has 0 saturated heterocycles. The Kier molecular flexibility index (Phi) is 6.93. The van der Waals surface area contributed by atoms with E-state index >= 15 is 0 Å². The Labute approximate surface area is 103 Å². The van der Waals surface area contributed by atoms with Gasteiger partial charge in [0, 0.05) is 11.6 Å². The Balaban J connectivity index is 0.00000225. The highest BCUT2D eigenvalue weighted by Gasteiger charge is 2.13. The average molecular weight is 246 g/mol. The zero-order chi connectivity index (χ0) is 11.3. The minimum Gasteiger partial charge on any atom is -0.504 e. The lowest BCUT2D eigenvalue weighted by Crippen LogP contribution is -2.10. The third-order valence-electron chi connectivity index (χ3n) is 2.33. The van der Waals surface area contributed by atoms with Crippen LogP contribution in [0.1, 0.15) is 38.3 Å². The molecule has 0 fully saturated rings. The molecule has 1 aromatic carbocycles. The lowest BCUT2D eigenvalue weighted by molar-refractivity contribution is 0.315. The molecule has 0 spiro atoms. The van der Waals surface area contributed by atoms with Crippen LogP contribution in [0.4, 0.5) is 0 Å². The maximum absolute atomic E-state index is 9.91. The van der Waals surface area contributed by atoms with Gasteiger partial charge in [-0.15, -0.1) is 12.4 Å². The molecule has 0 aliphatic carbocycles. The fraction of sp³-hybridized carbons (Fsp3) is 0.500. The van der Waals surface area contributed by atoms with Gasteiger partial charge in [-0.05, 0) is 19.4 Å². The molecule has 0 saturated carbocycles. The first kappa shape index (κ1) is 15.1. The van der Waals surface area contributed by atoms with Crippen LogP contribution in [0.2, 0.25) is 0 Å². The van der Waals surface area contributed by atoms with Gasteiger partial charge in [0.1, 0.15) is 0 Å². The summed E-state index contributed by atoms with van der Waals surface area (Å²) in [5, 5.41) is 9.91. The summed E-state index contributed by atoms with van der Waals surface area (Å²) in [4.78, 5) is 0. The second-order valence-electron chi connectivity index (χ2n) is 3.52. The summed E-state index contributed by atoms with van der Waals surface area (Å²) >= 11 is 0. The van der Waals surface area contributed by atoms with Crippen molar-refractivity contribution in [3.05, 3.63) is 23.8 Å². The predicted octanol–water partition coefficient (Wildman–Crippen LogP) is 3.01. The summed E-state index contributed by atoms with van der Waals surface area (Å²) in [6.45, 7) is 4.50. The van der Waals surface area contributed by atoms with Crippen LogP contribution in [0.5, 0.6) is 11.5 Å². The first-order chi connectivity index (χ1) is 7.20. The van der Waals surface area contributed by atoms with Gasteiger partial charge in [-0.1, -0.05) is 25.5 Å². The minimum absolute atomic E-state index is 0. The summed E-state index contributed by atoms with van der Waals surface area (Å²) in [7, 11) is 0. The topological polar surface area (TPSA) is 55.5 Å². The molecule has 92 valence electrons. The van der Waals surface area contributed by atoms with Crippen molar-refractivity contribution in [3.63, 3.8) is 0 Å². The molecule has 3 nitrogen and oxygen atoms in total. The number of aromatic hydroxyl groups is 1. The molecule has 0 amide bonds. The van der Waals surface area contributed by atoms with Gasteiger partial charge in [-0.25, -0.2) is 0 Å². The van der Waals surface area contributed by atoms with Crippen LogP contribution in [0, 0.1) is 0 Å². The van der Waals surface area contributed by atoms with Crippen molar-refractivity contribution in [3.8, 4) is 11.5 Å². The van der Waals surface area contributed by atoms with Crippen LogP contribution in [-0.2, 0) is 0 Å². The SMILES string of the molecule is CCC[C@H](N)c1cccc(OCC)c1O.Cl. The van der Waals surface area contributed by atoms with E-state index in [1.165, 1.54) is 0 Å². The zero-order valence-electron chi connectivity index (χ0n) is 9.77. The quantitative estimate of drug-likeness (QED) is 0.839. The minimum atomic E-state index is -0.115. The van der Waals surface area contributed by atoms with Gasteiger partial charge in [0.15, 0.2) is 11.5 Å². The first-order valence-corrected chi connectivity index (χ1v) is 5.40. The number of ether oxygens (including phenoxy) is 1. The maximum atomic E-state index is 9.91. The number of nitrogens with two attached hydrogens (primary N) is 1. The van der Waals surface area contributed by atoms with Crippen molar-refractivity contribution in [2.75, 3.05) is 6.61 Å². The Morgan fingerprint density at radius 2 is 2.06 bits per heavy atom. The third kappa shape index (κ3) is 3.58. The predicted molar refractivity (Wildman–Crippen MR) is 68.4 cm³/mol. The molecule has 0 aliphatic rings. The molecule has 0 radical (unpaired) electrons. The van der Waals surface area contributed by atoms with E-state index in [2.05, 4.69) is 6.92 Å². The van der Waals surface area contributed by atoms with E-state index in [0.29, 0.717) is 12.4 Å². The van der Waals surface area contributed by atoms with Crippen molar-refractivity contribution in [2.45, 2.75) is 32.7 Å². The molecule has 0 heterocycles. The van der Waals surface area contributed by atoms with E-state index in [0.717, 1.165) is 18.4 Å². The third-order valence-corrected chi connectivity index (χ3v) is 2.33. The van der Waals surface area contributed by atoms with Crippen molar-refractivity contribution in [1.29, 1.82) is 0 Å². The number of hydrogen-bond acceptors (Lipinski definition) is 3. The average Bonchev–Trinajstić information content (AvgIpc) is 2.22. The normalized spacial score (nSPS) is 11.7. The molecule has 0 aliphatic heterocycles. The van der Waals surface area contributed by atoms with E-state index in [1.807, 2.05) is 19.1 Å². The van der Waals surface area contributed by atoms with Gasteiger partial charge < -0.3 is 15.6 Å². The molecule has 16 heavy (non-hydrogen) atoms. The summed E-state index contributed by atoms with van der Waals surface area (Å²) in [5.41, 5.74) is 6.72. The van der Waals surface area contributed by atoms with Crippen molar-refractivity contribution in [2.24, 2.45) is 5.73 Å². The number of benzene rings is 1. The van der Waals surface area contributed by atoms with Gasteiger partial charge >= 0.3 is 0 Å². The van der Waals surface area contributed by atoms with Gasteiger partial charge in [-0.3, -0.25) is 0 Å². The Bertz CT molecular complexity index is 318. The summed E-state index contributed by atoms with van der Waals surface area (Å²) in [6.07, 6.45) is 1.86. The van der Waals surface area contributed by atoms with Crippen LogP contribution >= 0.6 is 12.4 Å². The number of halogens is 1. The lowest BCUT2D eigenvalue weighted by Gasteiger charge is -2.15. The van der Waals surface area contributed by atoms with Gasteiger partial charge in [-0.2, -0.15) is 0 Å². The monoisotopic (exact) mass is 245 g/mol. The van der Waals surface area contributed by atoms with Gasteiger partial charge in [0.2, 0.25) is 0 Å². The highest BCUT2D eigenvalue weighted by Crippen LogP contribution is 2.34. The fourth-order valence-corrected chi connectivity index (χ4v) is 1.58. The van der Waals surface area contributed by atoms with Crippen LogP contribution in [-0.4, -0.2) is 11.7 Å². The summed E-state index contributed by atoms with van der Waals surface area (Å²) in [6, 6.07) is 5.34. The second-order valence-corrected chi connectivity index (χ2v) is 3.52. The number of hydrogen-bond donors (Lipinski definition) is 2.